The van der Waals surface area contributed by atoms with Crippen LogP contribution in [0.2, 0.25) is 0 Å². The van der Waals surface area contributed by atoms with E-state index in [0.29, 0.717) is 25.1 Å². The highest BCUT2D eigenvalue weighted by atomic mass is 32.2. The number of nitrogens with two attached hydrogens (primary N) is 1. The molecule has 0 radical (unpaired) electrons. The Morgan fingerprint density at radius 1 is 1.36 bits per heavy atom. The zero-order valence-electron chi connectivity index (χ0n) is 19.3. The smallest absolute Gasteiger partial charge is 0.320 e. The number of nitrogens with zero attached hydrogens (tertiary/aromatic N) is 2. The number of halogens is 1. The molecule has 1 aliphatic carbocycles. The summed E-state index contributed by atoms with van der Waals surface area (Å²) in [6.45, 7) is 4.14. The SMILES string of the molecule is COC1(C(=O)NC2CCN(C(=O)N3CCC3)C2C/C(N)=C/SC(C)c2cccc(F)c2)CC1. The quantitative estimate of drug-likeness (QED) is 0.601. The summed E-state index contributed by atoms with van der Waals surface area (Å²) in [6, 6.07) is 6.19. The van der Waals surface area contributed by atoms with Gasteiger partial charge in [-0.1, -0.05) is 12.1 Å². The minimum absolute atomic E-state index is 0.0180. The lowest BCUT2D eigenvalue weighted by molar-refractivity contribution is -0.134. The van der Waals surface area contributed by atoms with Crippen molar-refractivity contribution in [2.24, 2.45) is 5.73 Å². The fraction of sp³-hybridized carbons (Fsp3) is 0.583. The van der Waals surface area contributed by atoms with Gasteiger partial charge in [0, 0.05) is 44.1 Å². The van der Waals surface area contributed by atoms with Gasteiger partial charge in [-0.3, -0.25) is 4.79 Å². The van der Waals surface area contributed by atoms with Crippen molar-refractivity contribution in [1.82, 2.24) is 15.1 Å². The van der Waals surface area contributed by atoms with Gasteiger partial charge in [-0.2, -0.15) is 0 Å². The molecule has 3 unspecified atom stereocenters. The van der Waals surface area contributed by atoms with Crippen LogP contribution in [0.5, 0.6) is 0 Å². The Morgan fingerprint density at radius 3 is 2.73 bits per heavy atom. The van der Waals surface area contributed by atoms with E-state index in [0.717, 1.165) is 37.9 Å². The molecule has 1 aromatic rings. The second kappa shape index (κ2) is 9.93. The van der Waals surface area contributed by atoms with Crippen LogP contribution >= 0.6 is 11.8 Å². The van der Waals surface area contributed by atoms with Crippen molar-refractivity contribution >= 4 is 23.7 Å². The van der Waals surface area contributed by atoms with Crippen molar-refractivity contribution in [2.45, 2.75) is 62.0 Å². The van der Waals surface area contributed by atoms with Gasteiger partial charge in [-0.25, -0.2) is 9.18 Å². The highest BCUT2D eigenvalue weighted by Crippen LogP contribution is 2.40. The normalized spacial score (nSPS) is 24.9. The maximum atomic E-state index is 13.5. The number of hydrogen-bond acceptors (Lipinski definition) is 5. The second-order valence-corrected chi connectivity index (χ2v) is 10.4. The summed E-state index contributed by atoms with van der Waals surface area (Å²) in [4.78, 5) is 29.5. The Kier molecular flexibility index (Phi) is 7.19. The first kappa shape index (κ1) is 23.9. The Balaban J connectivity index is 1.43. The number of urea groups is 1. The first-order chi connectivity index (χ1) is 15.8. The third kappa shape index (κ3) is 5.30. The topological polar surface area (TPSA) is 87.9 Å². The number of ether oxygens (including phenoxy) is 1. The molecule has 3 amide bonds. The number of hydrogen-bond donors (Lipinski definition) is 2. The molecule has 7 nitrogen and oxygen atoms in total. The largest absolute Gasteiger partial charge is 0.402 e. The lowest BCUT2D eigenvalue weighted by Crippen LogP contribution is -2.55. The van der Waals surface area contributed by atoms with Crippen LogP contribution in [0.25, 0.3) is 0 Å². The second-order valence-electron chi connectivity index (χ2n) is 9.18. The standard InChI is InChI=1S/C24H33FN4O3S/c1-16(17-5-3-6-18(25)13-17)33-15-19(26)14-21-20(27-22(30)24(32-2)8-9-24)7-12-29(21)23(31)28-10-4-11-28/h3,5-6,13,15-16,20-21H,4,7-12,14,26H2,1-2H3,(H,27,30)/b19-15-. The van der Waals surface area contributed by atoms with Crippen LogP contribution in [0.3, 0.4) is 0 Å². The van der Waals surface area contributed by atoms with Crippen LogP contribution < -0.4 is 11.1 Å². The number of amides is 3. The first-order valence-corrected chi connectivity index (χ1v) is 12.5. The molecule has 3 aliphatic rings. The van der Waals surface area contributed by atoms with Gasteiger partial charge in [-0.05, 0) is 55.7 Å². The zero-order valence-corrected chi connectivity index (χ0v) is 20.1. The molecule has 2 aliphatic heterocycles. The molecule has 2 heterocycles. The predicted octanol–water partition coefficient (Wildman–Crippen LogP) is 3.37. The molecule has 3 fully saturated rings. The average Bonchev–Trinajstić information content (AvgIpc) is 3.47. The summed E-state index contributed by atoms with van der Waals surface area (Å²) in [5, 5.41) is 5.06. The molecule has 3 atom stereocenters. The van der Waals surface area contributed by atoms with E-state index in [4.69, 9.17) is 10.5 Å². The lowest BCUT2D eigenvalue weighted by atomic mass is 10.0. The van der Waals surface area contributed by atoms with Crippen molar-refractivity contribution in [2.75, 3.05) is 26.7 Å². The van der Waals surface area contributed by atoms with E-state index in [9.17, 15) is 14.0 Å². The van der Waals surface area contributed by atoms with Crippen molar-refractivity contribution < 1.29 is 18.7 Å². The molecule has 1 aromatic carbocycles. The Morgan fingerprint density at radius 2 is 2.12 bits per heavy atom. The molecule has 0 bridgehead atoms. The summed E-state index contributed by atoms with van der Waals surface area (Å²) >= 11 is 1.52. The van der Waals surface area contributed by atoms with Crippen molar-refractivity contribution in [1.29, 1.82) is 0 Å². The molecule has 180 valence electrons. The number of nitrogens with one attached hydrogen (secondary N) is 1. The minimum atomic E-state index is -0.711. The lowest BCUT2D eigenvalue weighted by Gasteiger charge is -2.38. The van der Waals surface area contributed by atoms with Gasteiger partial charge >= 0.3 is 6.03 Å². The number of methoxy groups -OCH3 is 1. The van der Waals surface area contributed by atoms with E-state index < -0.39 is 5.60 Å². The molecule has 2 saturated heterocycles. The van der Waals surface area contributed by atoms with Crippen molar-refractivity contribution in [3.05, 3.63) is 46.8 Å². The highest BCUT2D eigenvalue weighted by molar-refractivity contribution is 8.02. The maximum Gasteiger partial charge on any atom is 0.320 e. The number of likely N-dealkylation sites (tertiary alicyclic amines) is 2. The fourth-order valence-electron chi connectivity index (χ4n) is 4.46. The third-order valence-electron chi connectivity index (χ3n) is 6.93. The Labute approximate surface area is 198 Å². The summed E-state index contributed by atoms with van der Waals surface area (Å²) in [6.07, 6.45) is 3.63. The number of rotatable bonds is 8. The van der Waals surface area contributed by atoms with Crippen LogP contribution in [0, 0.1) is 5.82 Å². The molecule has 1 saturated carbocycles. The van der Waals surface area contributed by atoms with E-state index in [2.05, 4.69) is 5.32 Å². The van der Waals surface area contributed by atoms with Gasteiger partial charge in [0.05, 0.1) is 12.1 Å². The zero-order chi connectivity index (χ0) is 23.6. The van der Waals surface area contributed by atoms with E-state index in [1.54, 1.807) is 13.2 Å². The van der Waals surface area contributed by atoms with Gasteiger partial charge in [-0.15, -0.1) is 11.8 Å². The molecule has 3 N–H and O–H groups in total. The van der Waals surface area contributed by atoms with Crippen LogP contribution in [0.4, 0.5) is 9.18 Å². The summed E-state index contributed by atoms with van der Waals surface area (Å²) in [5.74, 6) is -0.360. The number of thioether (sulfide) groups is 1. The average molecular weight is 477 g/mol. The Hall–Kier alpha value is -2.26. The van der Waals surface area contributed by atoms with Crippen molar-refractivity contribution in [3.8, 4) is 0 Å². The third-order valence-corrected chi connectivity index (χ3v) is 8.05. The molecular formula is C24H33FN4O3S. The van der Waals surface area contributed by atoms with Crippen molar-refractivity contribution in [3.63, 3.8) is 0 Å². The summed E-state index contributed by atoms with van der Waals surface area (Å²) < 4.78 is 19.0. The van der Waals surface area contributed by atoms with Crippen LogP contribution in [0.15, 0.2) is 35.4 Å². The van der Waals surface area contributed by atoms with Gasteiger partial charge in [0.25, 0.3) is 5.91 Å². The molecule has 0 spiro atoms. The molecule has 33 heavy (non-hydrogen) atoms. The van der Waals surface area contributed by atoms with E-state index in [1.807, 2.05) is 28.2 Å². The van der Waals surface area contributed by atoms with E-state index in [-0.39, 0.29) is 35.1 Å². The molecule has 9 heteroatoms. The maximum absolute atomic E-state index is 13.5. The number of benzene rings is 1. The van der Waals surface area contributed by atoms with Crippen LogP contribution in [-0.4, -0.2) is 66.2 Å². The van der Waals surface area contributed by atoms with Gasteiger partial charge in [0.1, 0.15) is 11.4 Å². The number of carbonyl (C=O) groups is 2. The highest BCUT2D eigenvalue weighted by Gasteiger charge is 2.52. The number of carbonyl (C=O) groups excluding carboxylic acids is 2. The van der Waals surface area contributed by atoms with Gasteiger partial charge < -0.3 is 25.6 Å². The van der Waals surface area contributed by atoms with Gasteiger partial charge in [0.2, 0.25) is 0 Å². The monoisotopic (exact) mass is 476 g/mol. The Bertz CT molecular complexity index is 919. The first-order valence-electron chi connectivity index (χ1n) is 11.6. The predicted molar refractivity (Wildman–Crippen MR) is 127 cm³/mol. The van der Waals surface area contributed by atoms with Crippen LogP contribution in [0.1, 0.15) is 49.8 Å². The summed E-state index contributed by atoms with van der Waals surface area (Å²) in [7, 11) is 1.57. The van der Waals surface area contributed by atoms with Gasteiger partial charge in [0.15, 0.2) is 0 Å². The molecule has 4 rings (SSSR count). The van der Waals surface area contributed by atoms with E-state index >= 15 is 0 Å². The molecule has 0 aromatic heterocycles. The minimum Gasteiger partial charge on any atom is -0.402 e. The summed E-state index contributed by atoms with van der Waals surface area (Å²) in [5.41, 5.74) is 7.21. The van der Waals surface area contributed by atoms with E-state index in [1.165, 1.54) is 23.9 Å². The van der Waals surface area contributed by atoms with Crippen LogP contribution in [-0.2, 0) is 9.53 Å². The molecular weight excluding hydrogens is 443 g/mol. The fourth-order valence-corrected chi connectivity index (χ4v) is 5.23.